The number of rotatable bonds is 0. The Hall–Kier alpha value is -1.02. The van der Waals surface area contributed by atoms with Crippen molar-refractivity contribution in [2.45, 2.75) is 58.2 Å². The molecular weight excluding hydrogens is 224 g/mol. The van der Waals surface area contributed by atoms with Gasteiger partial charge in [0.15, 0.2) is 0 Å². The third-order valence-corrected chi connectivity index (χ3v) is 4.47. The second-order valence-electron chi connectivity index (χ2n) is 6.89. The first-order valence-corrected chi connectivity index (χ1v) is 6.87. The van der Waals surface area contributed by atoms with Crippen LogP contribution in [-0.4, -0.2) is 10.7 Å². The molecule has 2 heteroatoms. The van der Waals surface area contributed by atoms with Gasteiger partial charge in [-0.3, -0.25) is 0 Å². The largest absolute Gasteiger partial charge is 0.487 e. The van der Waals surface area contributed by atoms with Crippen molar-refractivity contribution in [2.75, 3.05) is 0 Å². The molecule has 0 radical (unpaired) electrons. The zero-order valence-electron chi connectivity index (χ0n) is 11.5. The number of ether oxygens (including phenoxy) is 1. The van der Waals surface area contributed by atoms with Crippen LogP contribution in [0.1, 0.15) is 56.8 Å². The minimum Gasteiger partial charge on any atom is -0.487 e. The lowest BCUT2D eigenvalue weighted by Crippen LogP contribution is -2.39. The van der Waals surface area contributed by atoms with Gasteiger partial charge in [-0.2, -0.15) is 0 Å². The average molecular weight is 246 g/mol. The Morgan fingerprint density at radius 2 is 2.06 bits per heavy atom. The molecule has 1 aliphatic carbocycles. The highest BCUT2D eigenvalue weighted by Gasteiger charge is 2.48. The summed E-state index contributed by atoms with van der Waals surface area (Å²) < 4.78 is 6.28. The quantitative estimate of drug-likeness (QED) is 0.755. The first-order valence-electron chi connectivity index (χ1n) is 6.87. The van der Waals surface area contributed by atoms with Crippen molar-refractivity contribution in [3.63, 3.8) is 0 Å². The van der Waals surface area contributed by atoms with Crippen LogP contribution in [0.3, 0.4) is 0 Å². The molecule has 2 nitrogen and oxygen atoms in total. The Bertz CT molecular complexity index is 478. The molecule has 1 saturated carbocycles. The average Bonchev–Trinajstić information content (AvgIpc) is 2.56. The fourth-order valence-corrected chi connectivity index (χ4v) is 3.63. The van der Waals surface area contributed by atoms with Crippen molar-refractivity contribution in [3.8, 4) is 5.75 Å². The summed E-state index contributed by atoms with van der Waals surface area (Å²) in [5.41, 5.74) is 2.34. The Morgan fingerprint density at radius 3 is 2.72 bits per heavy atom. The lowest BCUT2D eigenvalue weighted by Gasteiger charge is -2.39. The predicted octanol–water partition coefficient (Wildman–Crippen LogP) is 3.76. The monoisotopic (exact) mass is 246 g/mol. The van der Waals surface area contributed by atoms with Gasteiger partial charge < -0.3 is 9.84 Å². The smallest absolute Gasteiger partial charge is 0.125 e. The zero-order chi connectivity index (χ0) is 13.0. The maximum Gasteiger partial charge on any atom is 0.125 e. The highest BCUT2D eigenvalue weighted by molar-refractivity contribution is 5.41. The molecule has 1 heterocycles. The van der Waals surface area contributed by atoms with Crippen LogP contribution >= 0.6 is 0 Å². The van der Waals surface area contributed by atoms with E-state index in [1.165, 1.54) is 12.0 Å². The van der Waals surface area contributed by atoms with E-state index in [0.717, 1.165) is 30.6 Å². The van der Waals surface area contributed by atoms with Crippen LogP contribution in [0.4, 0.5) is 0 Å². The Balaban J connectivity index is 1.95. The molecule has 1 N–H and O–H groups in total. The van der Waals surface area contributed by atoms with Crippen LogP contribution in [0, 0.1) is 12.3 Å². The topological polar surface area (TPSA) is 29.5 Å². The molecule has 0 saturated heterocycles. The summed E-state index contributed by atoms with van der Waals surface area (Å²) >= 11 is 0. The fraction of sp³-hybridized carbons (Fsp3) is 0.625. The molecule has 1 aliphatic heterocycles. The lowest BCUT2D eigenvalue weighted by molar-refractivity contribution is -0.0155. The van der Waals surface area contributed by atoms with Gasteiger partial charge in [-0.25, -0.2) is 0 Å². The summed E-state index contributed by atoms with van der Waals surface area (Å²) in [5.74, 6) is 0.886. The highest BCUT2D eigenvalue weighted by Crippen LogP contribution is 2.52. The molecule has 2 aliphatic rings. The number of benzene rings is 1. The molecule has 0 aromatic heterocycles. The van der Waals surface area contributed by atoms with Crippen LogP contribution in [0.5, 0.6) is 5.75 Å². The van der Waals surface area contributed by atoms with E-state index in [1.807, 2.05) is 12.1 Å². The Morgan fingerprint density at radius 1 is 1.28 bits per heavy atom. The standard InChI is InChI=1S/C16H22O2/c1-11-4-5-14-12(8-11)13(17)9-16(18-14)7-6-15(2,3)10-16/h4-5,8,13,17H,6-7,9-10H2,1-3H3. The molecule has 0 bridgehead atoms. The maximum atomic E-state index is 10.4. The van der Waals surface area contributed by atoms with Crippen LogP contribution in [0.2, 0.25) is 0 Å². The molecule has 1 fully saturated rings. The van der Waals surface area contributed by atoms with E-state index < -0.39 is 0 Å². The molecule has 0 amide bonds. The van der Waals surface area contributed by atoms with Crippen molar-refractivity contribution in [1.29, 1.82) is 0 Å². The number of fused-ring (bicyclic) bond motifs is 1. The van der Waals surface area contributed by atoms with Crippen molar-refractivity contribution in [2.24, 2.45) is 5.41 Å². The summed E-state index contributed by atoms with van der Waals surface area (Å²) in [4.78, 5) is 0. The van der Waals surface area contributed by atoms with Crippen molar-refractivity contribution < 1.29 is 9.84 Å². The van der Waals surface area contributed by atoms with Crippen molar-refractivity contribution >= 4 is 0 Å². The van der Waals surface area contributed by atoms with Gasteiger partial charge in [0.05, 0.1) is 6.10 Å². The molecular formula is C16H22O2. The zero-order valence-corrected chi connectivity index (χ0v) is 11.5. The van der Waals surface area contributed by atoms with Gasteiger partial charge in [0.1, 0.15) is 11.4 Å². The molecule has 98 valence electrons. The SMILES string of the molecule is Cc1ccc2c(c1)C(O)CC1(CCC(C)(C)C1)O2. The third kappa shape index (κ3) is 1.93. The van der Waals surface area contributed by atoms with Crippen LogP contribution in [-0.2, 0) is 0 Å². The number of aliphatic hydroxyl groups is 1. The number of aryl methyl sites for hydroxylation is 1. The molecule has 1 aromatic rings. The van der Waals surface area contributed by atoms with E-state index in [9.17, 15) is 5.11 Å². The van der Waals surface area contributed by atoms with Gasteiger partial charge in [-0.1, -0.05) is 25.5 Å². The van der Waals surface area contributed by atoms with E-state index in [0.29, 0.717) is 5.41 Å². The maximum absolute atomic E-state index is 10.4. The van der Waals surface area contributed by atoms with E-state index in [-0.39, 0.29) is 11.7 Å². The highest BCUT2D eigenvalue weighted by atomic mass is 16.5. The number of hydrogen-bond acceptors (Lipinski definition) is 2. The first-order chi connectivity index (χ1) is 8.39. The molecule has 1 spiro atoms. The van der Waals surface area contributed by atoms with Gasteiger partial charge in [-0.05, 0) is 43.7 Å². The minimum absolute atomic E-state index is 0.134. The summed E-state index contributed by atoms with van der Waals surface area (Å²) in [7, 11) is 0. The van der Waals surface area contributed by atoms with Crippen LogP contribution in [0.15, 0.2) is 18.2 Å². The summed E-state index contributed by atoms with van der Waals surface area (Å²) in [6.07, 6.45) is 3.66. The number of aliphatic hydroxyl groups excluding tert-OH is 1. The number of hydrogen-bond donors (Lipinski definition) is 1. The van der Waals surface area contributed by atoms with Crippen LogP contribution in [0.25, 0.3) is 0 Å². The van der Waals surface area contributed by atoms with Gasteiger partial charge in [0.2, 0.25) is 0 Å². The van der Waals surface area contributed by atoms with Gasteiger partial charge in [-0.15, -0.1) is 0 Å². The second kappa shape index (κ2) is 3.74. The molecule has 18 heavy (non-hydrogen) atoms. The van der Waals surface area contributed by atoms with Crippen molar-refractivity contribution in [1.82, 2.24) is 0 Å². The van der Waals surface area contributed by atoms with Gasteiger partial charge >= 0.3 is 0 Å². The second-order valence-corrected chi connectivity index (χ2v) is 6.89. The van der Waals surface area contributed by atoms with E-state index in [4.69, 9.17) is 4.74 Å². The summed E-state index contributed by atoms with van der Waals surface area (Å²) in [6.45, 7) is 6.64. The predicted molar refractivity (Wildman–Crippen MR) is 71.7 cm³/mol. The normalized spacial score (nSPS) is 33.2. The van der Waals surface area contributed by atoms with E-state index in [2.05, 4.69) is 26.8 Å². The lowest BCUT2D eigenvalue weighted by atomic mass is 9.83. The van der Waals surface area contributed by atoms with E-state index >= 15 is 0 Å². The molecule has 1 aromatic carbocycles. The first kappa shape index (κ1) is 12.0. The van der Waals surface area contributed by atoms with Gasteiger partial charge in [0.25, 0.3) is 0 Å². The molecule has 2 atom stereocenters. The summed E-state index contributed by atoms with van der Waals surface area (Å²) in [5, 5.41) is 10.4. The van der Waals surface area contributed by atoms with Crippen LogP contribution < -0.4 is 4.74 Å². The third-order valence-electron chi connectivity index (χ3n) is 4.47. The summed E-state index contributed by atoms with van der Waals surface area (Å²) in [6, 6.07) is 6.12. The fourth-order valence-electron chi connectivity index (χ4n) is 3.63. The molecule has 3 rings (SSSR count). The Kier molecular flexibility index (Phi) is 2.50. The minimum atomic E-state index is -0.373. The Labute approximate surface area is 109 Å². The molecule has 2 unspecified atom stereocenters. The van der Waals surface area contributed by atoms with E-state index in [1.54, 1.807) is 0 Å². The van der Waals surface area contributed by atoms with Crippen molar-refractivity contribution in [3.05, 3.63) is 29.3 Å². The van der Waals surface area contributed by atoms with Gasteiger partial charge in [0, 0.05) is 12.0 Å².